The molecule has 0 aromatic carbocycles. The molecule has 0 saturated carbocycles. The van der Waals surface area contributed by atoms with E-state index in [0.717, 1.165) is 0 Å². The van der Waals surface area contributed by atoms with Crippen LogP contribution in [0, 0.1) is 0 Å². The van der Waals surface area contributed by atoms with Gasteiger partial charge in [-0.05, 0) is 0 Å². The molecule has 0 fully saturated rings. The molecule has 1 N–H and O–H groups in total. The second-order valence-electron chi connectivity index (χ2n) is 1.31. The van der Waals surface area contributed by atoms with Gasteiger partial charge in [0.1, 0.15) is 12.4 Å². The molecule has 0 aliphatic carbocycles. The Morgan fingerprint density at radius 3 is 2.86 bits per heavy atom. The van der Waals surface area contributed by atoms with Crippen molar-refractivity contribution in [2.24, 2.45) is 9.98 Å². The summed E-state index contributed by atoms with van der Waals surface area (Å²) in [5, 5.41) is 8.36. The molecule has 38 valence electrons. The van der Waals surface area contributed by atoms with Gasteiger partial charge < -0.3 is 5.11 Å². The van der Waals surface area contributed by atoms with Crippen molar-refractivity contribution in [3.05, 3.63) is 0 Å². The summed E-state index contributed by atoms with van der Waals surface area (Å²) in [6.45, 7) is 0.0694. The van der Waals surface area contributed by atoms with Gasteiger partial charge in [0.2, 0.25) is 0 Å². The van der Waals surface area contributed by atoms with Crippen LogP contribution in [0.5, 0.6) is 0 Å². The Balaban J connectivity index is 2.44. The first-order valence-corrected chi connectivity index (χ1v) is 2.09. The summed E-state index contributed by atoms with van der Waals surface area (Å²) >= 11 is 0. The van der Waals surface area contributed by atoms with Crippen LogP contribution in [0.2, 0.25) is 0 Å². The van der Waals surface area contributed by atoms with Crippen LogP contribution in [-0.2, 0) is 0 Å². The molecule has 1 heterocycles. The number of hydrogen-bond donors (Lipinski definition) is 1. The van der Waals surface area contributed by atoms with Crippen LogP contribution in [0.3, 0.4) is 0 Å². The van der Waals surface area contributed by atoms with Crippen LogP contribution in [0.15, 0.2) is 9.98 Å². The summed E-state index contributed by atoms with van der Waals surface area (Å²) in [6.07, 6.45) is 3.06. The van der Waals surface area contributed by atoms with E-state index < -0.39 is 0 Å². The minimum atomic E-state index is -0.0694. The number of rotatable bonds is 1. The van der Waals surface area contributed by atoms with Crippen LogP contribution >= 0.6 is 0 Å². The lowest BCUT2D eigenvalue weighted by Gasteiger charge is -1.90. The van der Waals surface area contributed by atoms with Gasteiger partial charge in [-0.15, -0.1) is 0 Å². The van der Waals surface area contributed by atoms with Gasteiger partial charge in [0.25, 0.3) is 0 Å². The zero-order valence-electron chi connectivity index (χ0n) is 3.78. The second kappa shape index (κ2) is 1.84. The van der Waals surface area contributed by atoms with Crippen molar-refractivity contribution in [2.45, 2.75) is 6.04 Å². The third kappa shape index (κ3) is 0.838. The second-order valence-corrected chi connectivity index (χ2v) is 1.31. The minimum Gasteiger partial charge on any atom is -0.394 e. The van der Waals surface area contributed by atoms with Gasteiger partial charge in [-0.1, -0.05) is 0 Å². The summed E-state index contributed by atoms with van der Waals surface area (Å²) in [7, 11) is 0. The van der Waals surface area contributed by atoms with Gasteiger partial charge in [-0.3, -0.25) is 4.99 Å². The number of aliphatic imine (C=N–C) groups is 2. The smallest absolute Gasteiger partial charge is 0.110 e. The number of nitrogens with zero attached hydrogens (tertiary/aromatic N) is 2. The molecule has 0 aromatic rings. The summed E-state index contributed by atoms with van der Waals surface area (Å²) < 4.78 is 0. The predicted molar refractivity (Wildman–Crippen MR) is 27.9 cm³/mol. The number of hydrogen-bond acceptors (Lipinski definition) is 3. The fourth-order valence-corrected chi connectivity index (χ4v) is 0.395. The molecule has 1 rings (SSSR count). The van der Waals surface area contributed by atoms with Crippen molar-refractivity contribution in [3.63, 3.8) is 0 Å². The van der Waals surface area contributed by atoms with E-state index in [1.165, 1.54) is 6.34 Å². The monoisotopic (exact) mass is 98.0 g/mol. The van der Waals surface area contributed by atoms with E-state index in [9.17, 15) is 0 Å². The number of aliphatic hydroxyl groups is 1. The SMILES string of the molecule is OC[C@H]1C=NC=N1. The van der Waals surface area contributed by atoms with Gasteiger partial charge in [0.05, 0.1) is 6.61 Å². The highest BCUT2D eigenvalue weighted by Crippen LogP contribution is 1.88. The molecule has 0 spiro atoms. The third-order valence-corrected chi connectivity index (χ3v) is 0.770. The average Bonchev–Trinajstić information content (AvgIpc) is 2.14. The Kier molecular flexibility index (Phi) is 1.17. The Morgan fingerprint density at radius 1 is 1.71 bits per heavy atom. The molecule has 3 heteroatoms. The van der Waals surface area contributed by atoms with E-state index in [0.29, 0.717) is 0 Å². The van der Waals surface area contributed by atoms with Crippen molar-refractivity contribution >= 4 is 12.6 Å². The lowest BCUT2D eigenvalue weighted by Crippen LogP contribution is -2.07. The summed E-state index contributed by atoms with van der Waals surface area (Å²) in [5.74, 6) is 0. The molecule has 1 atom stereocenters. The maximum Gasteiger partial charge on any atom is 0.110 e. The average molecular weight is 98.1 g/mol. The van der Waals surface area contributed by atoms with Crippen LogP contribution in [0.4, 0.5) is 0 Å². The van der Waals surface area contributed by atoms with E-state index in [1.807, 2.05) is 0 Å². The maximum atomic E-state index is 8.36. The lowest BCUT2D eigenvalue weighted by atomic mass is 10.4. The highest BCUT2D eigenvalue weighted by molar-refractivity contribution is 5.82. The highest BCUT2D eigenvalue weighted by atomic mass is 16.3. The standard InChI is InChI=1S/C4H6N2O/c7-2-4-1-5-3-6-4/h1,3-4,7H,2H2/t4-/m1/s1. The minimum absolute atomic E-state index is 0.0694. The van der Waals surface area contributed by atoms with Gasteiger partial charge in [0.15, 0.2) is 0 Å². The molecule has 1 aliphatic heterocycles. The van der Waals surface area contributed by atoms with Crippen LogP contribution in [0.1, 0.15) is 0 Å². The van der Waals surface area contributed by atoms with Crippen molar-refractivity contribution in [2.75, 3.05) is 6.61 Å². The van der Waals surface area contributed by atoms with Crippen molar-refractivity contribution < 1.29 is 5.11 Å². The van der Waals surface area contributed by atoms with Crippen LogP contribution in [-0.4, -0.2) is 30.3 Å². The molecule has 7 heavy (non-hydrogen) atoms. The first-order chi connectivity index (χ1) is 3.43. The van der Waals surface area contributed by atoms with Crippen LogP contribution < -0.4 is 0 Å². The van der Waals surface area contributed by atoms with E-state index in [2.05, 4.69) is 9.98 Å². The summed E-state index contributed by atoms with van der Waals surface area (Å²) in [6, 6.07) is -0.0694. The molecule has 1 aliphatic rings. The van der Waals surface area contributed by atoms with E-state index >= 15 is 0 Å². The molecule has 0 aromatic heterocycles. The van der Waals surface area contributed by atoms with Gasteiger partial charge in [-0.2, -0.15) is 0 Å². The predicted octanol–water partition coefficient (Wildman–Crippen LogP) is -0.540. The lowest BCUT2D eigenvalue weighted by molar-refractivity contribution is 0.293. The van der Waals surface area contributed by atoms with Crippen molar-refractivity contribution in [1.82, 2.24) is 0 Å². The Morgan fingerprint density at radius 2 is 2.57 bits per heavy atom. The molecule has 3 nitrogen and oxygen atoms in total. The number of aliphatic hydroxyl groups excluding tert-OH is 1. The highest BCUT2D eigenvalue weighted by Gasteiger charge is 2.00. The van der Waals surface area contributed by atoms with Gasteiger partial charge in [0, 0.05) is 6.21 Å². The normalized spacial score (nSPS) is 26.7. The molecule has 0 radical (unpaired) electrons. The fraction of sp³-hybridized carbons (Fsp3) is 0.500. The molecule has 0 unspecified atom stereocenters. The quantitative estimate of drug-likeness (QED) is 0.470. The Hall–Kier alpha value is -0.700. The molecule has 0 amide bonds. The molecular formula is C4H6N2O. The molecule has 0 bridgehead atoms. The zero-order chi connectivity index (χ0) is 5.11. The maximum absolute atomic E-state index is 8.36. The van der Waals surface area contributed by atoms with Crippen molar-refractivity contribution in [3.8, 4) is 0 Å². The molecule has 0 saturated heterocycles. The molecular weight excluding hydrogens is 92.1 g/mol. The van der Waals surface area contributed by atoms with Crippen molar-refractivity contribution in [1.29, 1.82) is 0 Å². The zero-order valence-corrected chi connectivity index (χ0v) is 3.78. The first kappa shape index (κ1) is 4.46. The largest absolute Gasteiger partial charge is 0.394 e. The Bertz CT molecular complexity index is 96.3. The summed E-state index contributed by atoms with van der Waals surface area (Å²) in [5.41, 5.74) is 0. The van der Waals surface area contributed by atoms with Gasteiger partial charge >= 0.3 is 0 Å². The topological polar surface area (TPSA) is 45.0 Å². The Labute approximate surface area is 41.4 Å². The third-order valence-electron chi connectivity index (χ3n) is 0.770. The van der Waals surface area contributed by atoms with Gasteiger partial charge in [-0.25, -0.2) is 4.99 Å². The van der Waals surface area contributed by atoms with E-state index in [-0.39, 0.29) is 12.6 Å². The van der Waals surface area contributed by atoms with Crippen LogP contribution in [0.25, 0.3) is 0 Å². The van der Waals surface area contributed by atoms with E-state index in [1.54, 1.807) is 6.21 Å². The summed E-state index contributed by atoms with van der Waals surface area (Å²) in [4.78, 5) is 7.42. The first-order valence-electron chi connectivity index (χ1n) is 2.09. The fourth-order valence-electron chi connectivity index (χ4n) is 0.395. The van der Waals surface area contributed by atoms with E-state index in [4.69, 9.17) is 5.11 Å².